The second-order valence-corrected chi connectivity index (χ2v) is 5.39. The first-order valence-corrected chi connectivity index (χ1v) is 7.14. The van der Waals surface area contributed by atoms with E-state index in [0.717, 1.165) is 3.57 Å². The Kier molecular flexibility index (Phi) is 5.15. The third kappa shape index (κ3) is 4.45. The highest BCUT2D eigenvalue weighted by molar-refractivity contribution is 14.1. The van der Waals surface area contributed by atoms with Gasteiger partial charge in [-0.1, -0.05) is 12.1 Å². The summed E-state index contributed by atoms with van der Waals surface area (Å²) >= 11 is 2.16. The minimum atomic E-state index is -0.745. The molecule has 6 heteroatoms. The van der Waals surface area contributed by atoms with Crippen molar-refractivity contribution in [3.8, 4) is 5.75 Å². The van der Waals surface area contributed by atoms with E-state index in [-0.39, 0.29) is 11.3 Å². The topological polar surface area (TPSA) is 75.6 Å². The van der Waals surface area contributed by atoms with Crippen molar-refractivity contribution in [2.75, 3.05) is 11.9 Å². The first-order chi connectivity index (χ1) is 10.1. The average molecular weight is 397 g/mol. The number of carbonyl (C=O) groups excluding carboxylic acids is 2. The SMILES string of the molecule is O=C(COC(=O)c1ccccc1O)Nc1ccc(I)cc1. The smallest absolute Gasteiger partial charge is 0.342 e. The molecule has 0 unspecified atom stereocenters. The predicted molar refractivity (Wildman–Crippen MR) is 86.2 cm³/mol. The molecular weight excluding hydrogens is 385 g/mol. The molecule has 0 aromatic heterocycles. The first kappa shape index (κ1) is 15.3. The largest absolute Gasteiger partial charge is 0.507 e. The van der Waals surface area contributed by atoms with Crippen LogP contribution in [0.1, 0.15) is 10.4 Å². The Labute approximate surface area is 135 Å². The summed E-state index contributed by atoms with van der Waals surface area (Å²) in [5.74, 6) is -1.37. The Balaban J connectivity index is 1.88. The summed E-state index contributed by atoms with van der Waals surface area (Å²) < 4.78 is 5.91. The highest BCUT2D eigenvalue weighted by Gasteiger charge is 2.13. The average Bonchev–Trinajstić information content (AvgIpc) is 2.48. The summed E-state index contributed by atoms with van der Waals surface area (Å²) in [5.41, 5.74) is 0.651. The van der Waals surface area contributed by atoms with Gasteiger partial charge in [0.15, 0.2) is 6.61 Å². The molecule has 5 nitrogen and oxygen atoms in total. The van der Waals surface area contributed by atoms with Gasteiger partial charge in [0.2, 0.25) is 0 Å². The zero-order valence-electron chi connectivity index (χ0n) is 10.9. The second kappa shape index (κ2) is 7.07. The zero-order chi connectivity index (χ0) is 15.2. The number of hydrogen-bond donors (Lipinski definition) is 2. The summed E-state index contributed by atoms with van der Waals surface area (Å²) in [5, 5.41) is 12.1. The molecule has 0 aliphatic heterocycles. The summed E-state index contributed by atoms with van der Waals surface area (Å²) in [4.78, 5) is 23.4. The molecule has 0 saturated heterocycles. The molecule has 0 spiro atoms. The summed E-state index contributed by atoms with van der Waals surface area (Å²) in [6, 6.07) is 13.2. The Bertz CT molecular complexity index is 655. The van der Waals surface area contributed by atoms with Crippen LogP contribution in [0.15, 0.2) is 48.5 Å². The molecule has 0 bridgehead atoms. The monoisotopic (exact) mass is 397 g/mol. The molecule has 0 saturated carbocycles. The fourth-order valence-electron chi connectivity index (χ4n) is 1.59. The van der Waals surface area contributed by atoms with Gasteiger partial charge in [-0.2, -0.15) is 0 Å². The molecule has 0 fully saturated rings. The third-order valence-corrected chi connectivity index (χ3v) is 3.31. The Hall–Kier alpha value is -2.09. The van der Waals surface area contributed by atoms with E-state index >= 15 is 0 Å². The van der Waals surface area contributed by atoms with Crippen LogP contribution >= 0.6 is 22.6 Å². The lowest BCUT2D eigenvalue weighted by Gasteiger charge is -2.07. The van der Waals surface area contributed by atoms with E-state index in [2.05, 4.69) is 27.9 Å². The van der Waals surface area contributed by atoms with Crippen LogP contribution in [-0.4, -0.2) is 23.6 Å². The molecule has 108 valence electrons. The van der Waals surface area contributed by atoms with Crippen molar-refractivity contribution >= 4 is 40.2 Å². The normalized spacial score (nSPS) is 9.95. The van der Waals surface area contributed by atoms with Crippen molar-refractivity contribution < 1.29 is 19.4 Å². The van der Waals surface area contributed by atoms with Gasteiger partial charge < -0.3 is 15.2 Å². The summed E-state index contributed by atoms with van der Waals surface area (Å²) in [7, 11) is 0. The number of anilines is 1. The number of phenolic OH excluding ortho intramolecular Hbond substituents is 1. The van der Waals surface area contributed by atoms with Gasteiger partial charge in [-0.25, -0.2) is 4.79 Å². The minimum Gasteiger partial charge on any atom is -0.507 e. The predicted octanol–water partition coefficient (Wildman–Crippen LogP) is 2.79. The van der Waals surface area contributed by atoms with Gasteiger partial charge in [0.05, 0.1) is 0 Å². The number of para-hydroxylation sites is 1. The number of aromatic hydroxyl groups is 1. The maximum absolute atomic E-state index is 11.7. The van der Waals surface area contributed by atoms with Gasteiger partial charge in [0.1, 0.15) is 11.3 Å². The summed E-state index contributed by atoms with van der Waals surface area (Å²) in [6.07, 6.45) is 0. The van der Waals surface area contributed by atoms with Gasteiger partial charge in [-0.15, -0.1) is 0 Å². The van der Waals surface area contributed by atoms with Crippen LogP contribution in [0.2, 0.25) is 0 Å². The lowest BCUT2D eigenvalue weighted by molar-refractivity contribution is -0.119. The molecule has 2 aromatic rings. The number of nitrogens with one attached hydrogen (secondary N) is 1. The van der Waals surface area contributed by atoms with Crippen LogP contribution in [-0.2, 0) is 9.53 Å². The van der Waals surface area contributed by atoms with Gasteiger partial charge in [-0.3, -0.25) is 4.79 Å². The summed E-state index contributed by atoms with van der Waals surface area (Å²) in [6.45, 7) is -0.418. The van der Waals surface area contributed by atoms with E-state index < -0.39 is 18.5 Å². The number of halogens is 1. The second-order valence-electron chi connectivity index (χ2n) is 4.15. The molecule has 0 heterocycles. The van der Waals surface area contributed by atoms with Crippen molar-refractivity contribution in [1.82, 2.24) is 0 Å². The maximum atomic E-state index is 11.7. The van der Waals surface area contributed by atoms with E-state index in [1.165, 1.54) is 12.1 Å². The fraction of sp³-hybridized carbons (Fsp3) is 0.0667. The van der Waals surface area contributed by atoms with Crippen LogP contribution in [0, 0.1) is 3.57 Å². The number of rotatable bonds is 4. The number of carbonyl (C=O) groups is 2. The number of amides is 1. The fourth-order valence-corrected chi connectivity index (χ4v) is 1.94. The van der Waals surface area contributed by atoms with Crippen LogP contribution in [0.25, 0.3) is 0 Å². The van der Waals surface area contributed by atoms with Crippen LogP contribution in [0.5, 0.6) is 5.75 Å². The highest BCUT2D eigenvalue weighted by atomic mass is 127. The Morgan fingerprint density at radius 2 is 1.76 bits per heavy atom. The van der Waals surface area contributed by atoms with Gasteiger partial charge in [0.25, 0.3) is 5.91 Å². The van der Waals surface area contributed by atoms with Gasteiger partial charge in [-0.05, 0) is 59.0 Å². The number of phenols is 1. The van der Waals surface area contributed by atoms with Crippen LogP contribution < -0.4 is 5.32 Å². The zero-order valence-corrected chi connectivity index (χ0v) is 13.0. The lowest BCUT2D eigenvalue weighted by Crippen LogP contribution is -2.20. The number of ether oxygens (including phenoxy) is 1. The molecule has 2 aromatic carbocycles. The molecule has 2 rings (SSSR count). The molecule has 0 aliphatic carbocycles. The molecule has 21 heavy (non-hydrogen) atoms. The van der Waals surface area contributed by atoms with Gasteiger partial charge >= 0.3 is 5.97 Å². The van der Waals surface area contributed by atoms with E-state index in [1.807, 2.05) is 12.1 Å². The van der Waals surface area contributed by atoms with Crippen molar-refractivity contribution in [2.45, 2.75) is 0 Å². The number of benzene rings is 2. The molecule has 0 atom stereocenters. The van der Waals surface area contributed by atoms with Crippen molar-refractivity contribution in [2.24, 2.45) is 0 Å². The van der Waals surface area contributed by atoms with E-state index in [9.17, 15) is 14.7 Å². The molecular formula is C15H12INO4. The Morgan fingerprint density at radius 1 is 1.10 bits per heavy atom. The molecule has 0 radical (unpaired) electrons. The van der Waals surface area contributed by atoms with Crippen LogP contribution in [0.4, 0.5) is 5.69 Å². The molecule has 0 aliphatic rings. The molecule has 2 N–H and O–H groups in total. The molecule has 1 amide bonds. The van der Waals surface area contributed by atoms with Crippen molar-refractivity contribution in [1.29, 1.82) is 0 Å². The maximum Gasteiger partial charge on any atom is 0.342 e. The van der Waals surface area contributed by atoms with Crippen molar-refractivity contribution in [3.63, 3.8) is 0 Å². The standard InChI is InChI=1S/C15H12INO4/c16-10-5-7-11(8-6-10)17-14(19)9-21-15(20)12-3-1-2-4-13(12)18/h1-8,18H,9H2,(H,17,19). The van der Waals surface area contributed by atoms with Crippen LogP contribution in [0.3, 0.4) is 0 Å². The quantitative estimate of drug-likeness (QED) is 0.615. The first-order valence-electron chi connectivity index (χ1n) is 6.07. The van der Waals surface area contributed by atoms with E-state index in [0.29, 0.717) is 5.69 Å². The Morgan fingerprint density at radius 3 is 2.43 bits per heavy atom. The van der Waals surface area contributed by atoms with Crippen molar-refractivity contribution in [3.05, 3.63) is 57.7 Å². The minimum absolute atomic E-state index is 0.0274. The third-order valence-electron chi connectivity index (χ3n) is 2.59. The highest BCUT2D eigenvalue weighted by Crippen LogP contribution is 2.16. The number of esters is 1. The lowest BCUT2D eigenvalue weighted by atomic mass is 10.2. The van der Waals surface area contributed by atoms with E-state index in [1.54, 1.807) is 24.3 Å². The van der Waals surface area contributed by atoms with Gasteiger partial charge in [0, 0.05) is 9.26 Å². The van der Waals surface area contributed by atoms with E-state index in [4.69, 9.17) is 4.74 Å². The number of hydrogen-bond acceptors (Lipinski definition) is 4.